The lowest BCUT2D eigenvalue weighted by molar-refractivity contribution is 0.0362. The smallest absolute Gasteiger partial charge is 0.0950 e. The first kappa shape index (κ1) is 11.4. The van der Waals surface area contributed by atoms with Gasteiger partial charge in [0.05, 0.1) is 11.1 Å². The standard InChI is InChI=1S/C11H16ClNOS/c12-8-5-9(15-6-8)10(14)11(7-13)3-1-2-4-11/h5-6,10,14H,1-4,7,13H2. The zero-order valence-electron chi connectivity index (χ0n) is 8.58. The Kier molecular flexibility index (Phi) is 3.36. The van der Waals surface area contributed by atoms with Crippen LogP contribution < -0.4 is 5.73 Å². The molecule has 3 N–H and O–H groups in total. The van der Waals surface area contributed by atoms with E-state index in [-0.39, 0.29) is 5.41 Å². The molecule has 1 fully saturated rings. The highest BCUT2D eigenvalue weighted by atomic mass is 35.5. The van der Waals surface area contributed by atoms with Gasteiger partial charge in [-0.05, 0) is 18.9 Å². The number of aliphatic hydroxyl groups excluding tert-OH is 1. The van der Waals surface area contributed by atoms with Crippen LogP contribution in [0.5, 0.6) is 0 Å². The molecule has 4 heteroatoms. The Morgan fingerprint density at radius 3 is 2.67 bits per heavy atom. The third kappa shape index (κ3) is 2.07. The quantitative estimate of drug-likeness (QED) is 0.860. The molecule has 0 bridgehead atoms. The highest BCUT2D eigenvalue weighted by molar-refractivity contribution is 7.10. The number of aliphatic hydroxyl groups is 1. The normalized spacial score (nSPS) is 21.8. The molecule has 0 aromatic carbocycles. The molecule has 1 aliphatic carbocycles. The van der Waals surface area contributed by atoms with E-state index >= 15 is 0 Å². The molecule has 1 heterocycles. The number of thiophene rings is 1. The Bertz CT molecular complexity index is 333. The average molecular weight is 246 g/mol. The molecule has 84 valence electrons. The largest absolute Gasteiger partial charge is 0.387 e. The summed E-state index contributed by atoms with van der Waals surface area (Å²) in [6.45, 7) is 0.559. The Labute approximate surface area is 99.1 Å². The summed E-state index contributed by atoms with van der Waals surface area (Å²) in [5.41, 5.74) is 5.72. The monoisotopic (exact) mass is 245 g/mol. The van der Waals surface area contributed by atoms with Crippen LogP contribution in [0.1, 0.15) is 36.7 Å². The van der Waals surface area contributed by atoms with Crippen molar-refractivity contribution in [3.05, 3.63) is 21.3 Å². The Morgan fingerprint density at radius 1 is 1.53 bits per heavy atom. The lowest BCUT2D eigenvalue weighted by Gasteiger charge is -2.32. The van der Waals surface area contributed by atoms with Gasteiger partial charge in [-0.3, -0.25) is 0 Å². The van der Waals surface area contributed by atoms with Gasteiger partial charge in [-0.1, -0.05) is 24.4 Å². The van der Waals surface area contributed by atoms with E-state index in [0.29, 0.717) is 11.6 Å². The molecule has 0 amide bonds. The van der Waals surface area contributed by atoms with Crippen LogP contribution in [0.2, 0.25) is 5.02 Å². The summed E-state index contributed by atoms with van der Waals surface area (Å²) in [4.78, 5) is 0.951. The molecule has 1 saturated carbocycles. The maximum atomic E-state index is 10.4. The van der Waals surface area contributed by atoms with Crippen molar-refractivity contribution in [3.8, 4) is 0 Å². The first-order valence-corrected chi connectivity index (χ1v) is 6.56. The number of rotatable bonds is 3. The van der Waals surface area contributed by atoms with Gasteiger partial charge in [0.1, 0.15) is 0 Å². The Morgan fingerprint density at radius 2 is 2.20 bits per heavy atom. The van der Waals surface area contributed by atoms with Crippen molar-refractivity contribution in [2.75, 3.05) is 6.54 Å². The van der Waals surface area contributed by atoms with Crippen LogP contribution in [-0.4, -0.2) is 11.7 Å². The minimum absolute atomic E-state index is 0.103. The van der Waals surface area contributed by atoms with E-state index in [1.165, 1.54) is 24.2 Å². The van der Waals surface area contributed by atoms with Crippen LogP contribution in [0.3, 0.4) is 0 Å². The Hall–Kier alpha value is -0.0900. The molecule has 15 heavy (non-hydrogen) atoms. The van der Waals surface area contributed by atoms with Crippen LogP contribution in [0, 0.1) is 5.41 Å². The molecule has 2 rings (SSSR count). The summed E-state index contributed by atoms with van der Waals surface area (Å²) in [5.74, 6) is 0. The van der Waals surface area contributed by atoms with Crippen molar-refractivity contribution in [1.29, 1.82) is 0 Å². The molecule has 2 nitrogen and oxygen atoms in total. The minimum Gasteiger partial charge on any atom is -0.387 e. The maximum Gasteiger partial charge on any atom is 0.0950 e. The molecular weight excluding hydrogens is 230 g/mol. The van der Waals surface area contributed by atoms with E-state index in [9.17, 15) is 5.11 Å². The fraction of sp³-hybridized carbons (Fsp3) is 0.636. The van der Waals surface area contributed by atoms with E-state index in [2.05, 4.69) is 0 Å². The van der Waals surface area contributed by atoms with Gasteiger partial charge in [0.15, 0.2) is 0 Å². The van der Waals surface area contributed by atoms with Crippen molar-refractivity contribution in [1.82, 2.24) is 0 Å². The van der Waals surface area contributed by atoms with Crippen LogP contribution in [-0.2, 0) is 0 Å². The SMILES string of the molecule is NCC1(C(O)c2cc(Cl)cs2)CCCC1. The number of hydrogen-bond donors (Lipinski definition) is 2. The lowest BCUT2D eigenvalue weighted by Crippen LogP contribution is -2.33. The van der Waals surface area contributed by atoms with E-state index in [4.69, 9.17) is 17.3 Å². The van der Waals surface area contributed by atoms with Gasteiger partial charge < -0.3 is 10.8 Å². The van der Waals surface area contributed by atoms with Crippen LogP contribution >= 0.6 is 22.9 Å². The van der Waals surface area contributed by atoms with Gasteiger partial charge >= 0.3 is 0 Å². The van der Waals surface area contributed by atoms with E-state index in [1.807, 2.05) is 11.4 Å². The molecule has 0 spiro atoms. The predicted octanol–water partition coefficient (Wildman–Crippen LogP) is 2.95. The number of nitrogens with two attached hydrogens (primary N) is 1. The molecule has 1 aromatic rings. The molecule has 0 radical (unpaired) electrons. The van der Waals surface area contributed by atoms with E-state index in [0.717, 1.165) is 17.7 Å². The lowest BCUT2D eigenvalue weighted by atomic mass is 9.80. The van der Waals surface area contributed by atoms with Crippen molar-refractivity contribution >= 4 is 22.9 Å². The van der Waals surface area contributed by atoms with Gasteiger partial charge in [0.2, 0.25) is 0 Å². The summed E-state index contributed by atoms with van der Waals surface area (Å²) < 4.78 is 0. The second-order valence-electron chi connectivity index (χ2n) is 4.34. The molecular formula is C11H16ClNOS. The first-order valence-electron chi connectivity index (χ1n) is 5.30. The maximum absolute atomic E-state index is 10.4. The third-order valence-electron chi connectivity index (χ3n) is 3.44. The summed E-state index contributed by atoms with van der Waals surface area (Å²) in [7, 11) is 0. The molecule has 1 unspecified atom stereocenters. The number of halogens is 1. The minimum atomic E-state index is -0.442. The van der Waals surface area contributed by atoms with Crippen LogP contribution in [0.15, 0.2) is 11.4 Å². The van der Waals surface area contributed by atoms with E-state index < -0.39 is 6.10 Å². The van der Waals surface area contributed by atoms with Gasteiger partial charge in [-0.25, -0.2) is 0 Å². The fourth-order valence-electron chi connectivity index (χ4n) is 2.44. The van der Waals surface area contributed by atoms with Gasteiger partial charge in [-0.2, -0.15) is 0 Å². The second kappa shape index (κ2) is 4.42. The number of hydrogen-bond acceptors (Lipinski definition) is 3. The Balaban J connectivity index is 2.21. The summed E-state index contributed by atoms with van der Waals surface area (Å²) in [5, 5.41) is 12.9. The fourth-order valence-corrected chi connectivity index (χ4v) is 3.65. The molecule has 1 atom stereocenters. The molecule has 0 saturated heterocycles. The van der Waals surface area contributed by atoms with Crippen LogP contribution in [0.25, 0.3) is 0 Å². The molecule has 0 aliphatic heterocycles. The zero-order valence-corrected chi connectivity index (χ0v) is 10.2. The second-order valence-corrected chi connectivity index (χ2v) is 5.72. The average Bonchev–Trinajstić information content (AvgIpc) is 2.86. The van der Waals surface area contributed by atoms with Crippen molar-refractivity contribution in [2.45, 2.75) is 31.8 Å². The summed E-state index contributed by atoms with van der Waals surface area (Å²) in [6.07, 6.45) is 3.96. The summed E-state index contributed by atoms with van der Waals surface area (Å²) in [6, 6.07) is 1.85. The van der Waals surface area contributed by atoms with Crippen molar-refractivity contribution < 1.29 is 5.11 Å². The van der Waals surface area contributed by atoms with Gasteiger partial charge in [0, 0.05) is 22.2 Å². The van der Waals surface area contributed by atoms with Crippen LogP contribution in [0.4, 0.5) is 0 Å². The highest BCUT2D eigenvalue weighted by Crippen LogP contribution is 2.48. The molecule has 1 aliphatic rings. The predicted molar refractivity (Wildman–Crippen MR) is 64.2 cm³/mol. The zero-order chi connectivity index (χ0) is 10.9. The first-order chi connectivity index (χ1) is 7.18. The highest BCUT2D eigenvalue weighted by Gasteiger charge is 2.40. The van der Waals surface area contributed by atoms with Gasteiger partial charge in [-0.15, -0.1) is 11.3 Å². The molecule has 1 aromatic heterocycles. The van der Waals surface area contributed by atoms with E-state index in [1.54, 1.807) is 0 Å². The third-order valence-corrected chi connectivity index (χ3v) is 4.78. The van der Waals surface area contributed by atoms with Crippen molar-refractivity contribution in [2.24, 2.45) is 11.1 Å². The summed E-state index contributed by atoms with van der Waals surface area (Å²) >= 11 is 7.39. The van der Waals surface area contributed by atoms with Crippen molar-refractivity contribution in [3.63, 3.8) is 0 Å². The van der Waals surface area contributed by atoms with Gasteiger partial charge in [0.25, 0.3) is 0 Å². The topological polar surface area (TPSA) is 46.2 Å².